The van der Waals surface area contributed by atoms with Gasteiger partial charge < -0.3 is 5.73 Å². The van der Waals surface area contributed by atoms with Gasteiger partial charge in [-0.1, -0.05) is 18.6 Å². The minimum Gasteiger partial charge on any atom is -0.327 e. The standard InChI is InChI=1S/C15H20FN/c16-13-5-2-10(3-6-13)9-15(17)14-8-11-1-4-12(14)7-11/h2-3,5-6,11-12,14-15H,1,4,7-9,17H2. The topological polar surface area (TPSA) is 26.0 Å². The summed E-state index contributed by atoms with van der Waals surface area (Å²) in [6.45, 7) is 0. The zero-order valence-corrected chi connectivity index (χ0v) is 10.1. The third-order valence-corrected chi connectivity index (χ3v) is 4.73. The van der Waals surface area contributed by atoms with E-state index in [0.717, 1.165) is 18.3 Å². The van der Waals surface area contributed by atoms with E-state index in [0.29, 0.717) is 5.92 Å². The van der Waals surface area contributed by atoms with E-state index in [-0.39, 0.29) is 11.9 Å². The Bertz CT molecular complexity index is 386. The van der Waals surface area contributed by atoms with Crippen molar-refractivity contribution in [3.63, 3.8) is 0 Å². The van der Waals surface area contributed by atoms with Gasteiger partial charge in [0.2, 0.25) is 0 Å². The lowest BCUT2D eigenvalue weighted by Crippen LogP contribution is -2.35. The summed E-state index contributed by atoms with van der Waals surface area (Å²) in [4.78, 5) is 0. The summed E-state index contributed by atoms with van der Waals surface area (Å²) in [6, 6.07) is 7.05. The number of rotatable bonds is 3. The van der Waals surface area contributed by atoms with E-state index in [1.807, 2.05) is 12.1 Å². The molecule has 2 fully saturated rings. The number of halogens is 1. The number of benzene rings is 1. The van der Waals surface area contributed by atoms with Crippen molar-refractivity contribution in [3.8, 4) is 0 Å². The summed E-state index contributed by atoms with van der Waals surface area (Å²) in [5.74, 6) is 2.36. The zero-order chi connectivity index (χ0) is 11.8. The molecule has 1 aromatic rings. The van der Waals surface area contributed by atoms with Gasteiger partial charge in [-0.15, -0.1) is 0 Å². The molecule has 2 saturated carbocycles. The highest BCUT2D eigenvalue weighted by molar-refractivity contribution is 5.17. The first-order chi connectivity index (χ1) is 8.22. The number of nitrogens with two attached hydrogens (primary N) is 1. The fourth-order valence-corrected chi connectivity index (χ4v) is 3.86. The Balaban J connectivity index is 1.63. The van der Waals surface area contributed by atoms with Crippen molar-refractivity contribution in [3.05, 3.63) is 35.6 Å². The van der Waals surface area contributed by atoms with Gasteiger partial charge >= 0.3 is 0 Å². The molecule has 0 aromatic heterocycles. The van der Waals surface area contributed by atoms with Gasteiger partial charge in [0.05, 0.1) is 0 Å². The Hall–Kier alpha value is -0.890. The summed E-state index contributed by atoms with van der Waals surface area (Å²) in [6.07, 6.45) is 6.43. The summed E-state index contributed by atoms with van der Waals surface area (Å²) in [5.41, 5.74) is 7.51. The predicted octanol–water partition coefficient (Wildman–Crippen LogP) is 3.13. The highest BCUT2D eigenvalue weighted by atomic mass is 19.1. The van der Waals surface area contributed by atoms with Crippen LogP contribution in [0.4, 0.5) is 4.39 Å². The Morgan fingerprint density at radius 3 is 2.53 bits per heavy atom. The van der Waals surface area contributed by atoms with Crippen LogP contribution < -0.4 is 5.73 Å². The van der Waals surface area contributed by atoms with Crippen molar-refractivity contribution >= 4 is 0 Å². The lowest BCUT2D eigenvalue weighted by molar-refractivity contribution is 0.280. The SMILES string of the molecule is NC(Cc1ccc(F)cc1)C1CC2CCC1C2. The van der Waals surface area contributed by atoms with Gasteiger partial charge in [0.25, 0.3) is 0 Å². The number of hydrogen-bond donors (Lipinski definition) is 1. The molecule has 0 saturated heterocycles. The lowest BCUT2D eigenvalue weighted by atomic mass is 9.81. The molecule has 1 nitrogen and oxygen atoms in total. The Morgan fingerprint density at radius 2 is 1.94 bits per heavy atom. The van der Waals surface area contributed by atoms with Gasteiger partial charge in [0, 0.05) is 6.04 Å². The Morgan fingerprint density at radius 1 is 1.18 bits per heavy atom. The van der Waals surface area contributed by atoms with Crippen LogP contribution in [0, 0.1) is 23.6 Å². The van der Waals surface area contributed by atoms with E-state index >= 15 is 0 Å². The first-order valence-corrected chi connectivity index (χ1v) is 6.72. The lowest BCUT2D eigenvalue weighted by Gasteiger charge is -2.27. The maximum Gasteiger partial charge on any atom is 0.123 e. The largest absolute Gasteiger partial charge is 0.327 e. The summed E-state index contributed by atoms with van der Waals surface area (Å²) < 4.78 is 12.8. The smallest absolute Gasteiger partial charge is 0.123 e. The van der Waals surface area contributed by atoms with Gasteiger partial charge in [-0.3, -0.25) is 0 Å². The summed E-state index contributed by atoms with van der Waals surface area (Å²) >= 11 is 0. The molecule has 0 heterocycles. The molecule has 2 bridgehead atoms. The highest BCUT2D eigenvalue weighted by Crippen LogP contribution is 2.49. The first-order valence-electron chi connectivity index (χ1n) is 6.72. The molecule has 1 aromatic carbocycles. The minimum absolute atomic E-state index is 0.165. The van der Waals surface area contributed by atoms with Crippen LogP contribution in [0.1, 0.15) is 31.2 Å². The normalized spacial score (nSPS) is 32.9. The second-order valence-corrected chi connectivity index (χ2v) is 5.83. The Kier molecular flexibility index (Phi) is 2.91. The number of hydrogen-bond acceptors (Lipinski definition) is 1. The molecule has 0 aliphatic heterocycles. The molecule has 2 N–H and O–H groups in total. The van der Waals surface area contributed by atoms with Gasteiger partial charge in [0.1, 0.15) is 5.82 Å². The van der Waals surface area contributed by atoms with Crippen LogP contribution in [0.25, 0.3) is 0 Å². The van der Waals surface area contributed by atoms with E-state index in [9.17, 15) is 4.39 Å². The minimum atomic E-state index is -0.165. The van der Waals surface area contributed by atoms with Crippen molar-refractivity contribution < 1.29 is 4.39 Å². The van der Waals surface area contributed by atoms with Crippen LogP contribution >= 0.6 is 0 Å². The van der Waals surface area contributed by atoms with E-state index in [2.05, 4.69) is 0 Å². The van der Waals surface area contributed by atoms with Crippen molar-refractivity contribution in [1.29, 1.82) is 0 Å². The predicted molar refractivity (Wildman–Crippen MR) is 67.0 cm³/mol. The highest BCUT2D eigenvalue weighted by Gasteiger charge is 2.41. The quantitative estimate of drug-likeness (QED) is 0.852. The van der Waals surface area contributed by atoms with Crippen LogP contribution in [-0.2, 0) is 6.42 Å². The molecule has 92 valence electrons. The van der Waals surface area contributed by atoms with Crippen molar-refractivity contribution in [2.75, 3.05) is 0 Å². The first kappa shape index (κ1) is 11.2. The monoisotopic (exact) mass is 233 g/mol. The molecule has 4 atom stereocenters. The maximum atomic E-state index is 12.8. The van der Waals surface area contributed by atoms with Crippen LogP contribution in [0.3, 0.4) is 0 Å². The third kappa shape index (κ3) is 2.23. The summed E-state index contributed by atoms with van der Waals surface area (Å²) in [5, 5.41) is 0. The molecule has 2 aliphatic carbocycles. The second-order valence-electron chi connectivity index (χ2n) is 5.83. The average molecular weight is 233 g/mol. The van der Waals surface area contributed by atoms with E-state index in [1.165, 1.54) is 43.4 Å². The third-order valence-electron chi connectivity index (χ3n) is 4.73. The molecule has 2 aliphatic rings. The molecule has 2 heteroatoms. The van der Waals surface area contributed by atoms with Crippen LogP contribution in [0.2, 0.25) is 0 Å². The molecule has 4 unspecified atom stereocenters. The molecule has 3 rings (SSSR count). The maximum absolute atomic E-state index is 12.8. The van der Waals surface area contributed by atoms with Crippen LogP contribution in [0.5, 0.6) is 0 Å². The van der Waals surface area contributed by atoms with Crippen molar-refractivity contribution in [1.82, 2.24) is 0 Å². The molecule has 0 radical (unpaired) electrons. The van der Waals surface area contributed by atoms with Gasteiger partial charge in [-0.2, -0.15) is 0 Å². The van der Waals surface area contributed by atoms with Crippen molar-refractivity contribution in [2.45, 2.75) is 38.1 Å². The summed E-state index contributed by atoms with van der Waals surface area (Å²) in [7, 11) is 0. The number of fused-ring (bicyclic) bond motifs is 2. The molecular weight excluding hydrogens is 213 g/mol. The van der Waals surface area contributed by atoms with Crippen LogP contribution in [-0.4, -0.2) is 6.04 Å². The Labute approximate surface area is 102 Å². The molecular formula is C15H20FN. The average Bonchev–Trinajstić information content (AvgIpc) is 2.94. The van der Waals surface area contributed by atoms with Gasteiger partial charge in [-0.25, -0.2) is 4.39 Å². The zero-order valence-electron chi connectivity index (χ0n) is 10.1. The molecule has 0 amide bonds. The molecule has 0 spiro atoms. The van der Waals surface area contributed by atoms with E-state index in [1.54, 1.807) is 0 Å². The second kappa shape index (κ2) is 4.41. The van der Waals surface area contributed by atoms with Gasteiger partial charge in [-0.05, 0) is 61.1 Å². The molecule has 17 heavy (non-hydrogen) atoms. The fraction of sp³-hybridized carbons (Fsp3) is 0.600. The van der Waals surface area contributed by atoms with Crippen molar-refractivity contribution in [2.24, 2.45) is 23.5 Å². The van der Waals surface area contributed by atoms with E-state index < -0.39 is 0 Å². The van der Waals surface area contributed by atoms with Gasteiger partial charge in [0.15, 0.2) is 0 Å². The fourth-order valence-electron chi connectivity index (χ4n) is 3.86. The van der Waals surface area contributed by atoms with E-state index in [4.69, 9.17) is 5.73 Å². The van der Waals surface area contributed by atoms with Crippen LogP contribution in [0.15, 0.2) is 24.3 Å².